The van der Waals surface area contributed by atoms with Gasteiger partial charge in [0.05, 0.1) is 6.10 Å². The Balaban J connectivity index is 2.19. The lowest BCUT2D eigenvalue weighted by atomic mass is 10.1. The molecule has 0 heterocycles. The van der Waals surface area contributed by atoms with E-state index >= 15 is 0 Å². The summed E-state index contributed by atoms with van der Waals surface area (Å²) in [6.45, 7) is 1.89. The molecule has 0 aliphatic heterocycles. The number of rotatable bonds is 3. The number of hydrogen-bond acceptors (Lipinski definition) is 3. The monoisotopic (exact) mass is 255 g/mol. The summed E-state index contributed by atoms with van der Waals surface area (Å²) in [6.07, 6.45) is 2.22. The summed E-state index contributed by atoms with van der Waals surface area (Å²) in [5.41, 5.74) is 6.78. The van der Waals surface area contributed by atoms with Crippen molar-refractivity contribution in [1.29, 1.82) is 0 Å². The van der Waals surface area contributed by atoms with Gasteiger partial charge in [-0.2, -0.15) is 0 Å². The zero-order valence-electron chi connectivity index (χ0n) is 9.90. The molecule has 1 aliphatic carbocycles. The maximum Gasteiger partial charge on any atom is 0.124 e. The van der Waals surface area contributed by atoms with Crippen LogP contribution in [0.1, 0.15) is 37.8 Å². The van der Waals surface area contributed by atoms with Crippen LogP contribution in [-0.2, 0) is 0 Å². The van der Waals surface area contributed by atoms with Gasteiger partial charge in [-0.05, 0) is 44.4 Å². The third kappa shape index (κ3) is 2.92. The number of aliphatic hydroxyl groups excluding tert-OH is 1. The van der Waals surface area contributed by atoms with Gasteiger partial charge >= 0.3 is 0 Å². The van der Waals surface area contributed by atoms with Gasteiger partial charge in [-0.3, -0.25) is 0 Å². The van der Waals surface area contributed by atoms with Gasteiger partial charge in [-0.1, -0.05) is 11.6 Å². The number of hydrogen-bond donors (Lipinski definition) is 2. The molecule has 2 rings (SSSR count). The first-order valence-electron chi connectivity index (χ1n) is 5.97. The van der Waals surface area contributed by atoms with E-state index < -0.39 is 0 Å². The molecule has 0 amide bonds. The van der Waals surface area contributed by atoms with Gasteiger partial charge in [0, 0.05) is 16.6 Å². The summed E-state index contributed by atoms with van der Waals surface area (Å²) in [5.74, 6) is 0.732. The summed E-state index contributed by atoms with van der Waals surface area (Å²) in [4.78, 5) is 0. The van der Waals surface area contributed by atoms with Crippen LogP contribution in [0.2, 0.25) is 5.02 Å². The quantitative estimate of drug-likeness (QED) is 0.873. The first-order chi connectivity index (χ1) is 8.08. The van der Waals surface area contributed by atoms with Crippen LogP contribution in [0.15, 0.2) is 18.2 Å². The summed E-state index contributed by atoms with van der Waals surface area (Å²) < 4.78 is 5.85. The standard InChI is InChI=1S/C13H18ClNO2/c1-8(15)10-7-9(14)5-6-12(10)17-13-4-2-3-11(13)16/h5-8,11,13,16H,2-4,15H2,1H3/t8-,11?,13?/m1/s1. The molecular formula is C13H18ClNO2. The van der Waals surface area contributed by atoms with E-state index in [9.17, 15) is 5.11 Å². The highest BCUT2D eigenvalue weighted by Gasteiger charge is 2.27. The molecule has 3 N–H and O–H groups in total. The zero-order valence-corrected chi connectivity index (χ0v) is 10.7. The van der Waals surface area contributed by atoms with Gasteiger partial charge in [0.25, 0.3) is 0 Å². The van der Waals surface area contributed by atoms with E-state index in [-0.39, 0.29) is 18.2 Å². The summed E-state index contributed by atoms with van der Waals surface area (Å²) in [6, 6.07) is 5.29. The van der Waals surface area contributed by atoms with Gasteiger partial charge in [0.1, 0.15) is 11.9 Å². The van der Waals surface area contributed by atoms with Crippen LogP contribution in [-0.4, -0.2) is 17.3 Å². The number of aliphatic hydroxyl groups is 1. The molecule has 1 aromatic rings. The lowest BCUT2D eigenvalue weighted by Gasteiger charge is -2.21. The normalized spacial score (nSPS) is 25.9. The second-order valence-corrected chi connectivity index (χ2v) is 5.06. The largest absolute Gasteiger partial charge is 0.487 e. The average Bonchev–Trinajstić information content (AvgIpc) is 2.67. The first-order valence-corrected chi connectivity index (χ1v) is 6.35. The number of halogens is 1. The molecule has 1 saturated carbocycles. The van der Waals surface area contributed by atoms with Crippen LogP contribution in [0.3, 0.4) is 0 Å². The van der Waals surface area contributed by atoms with Crippen molar-refractivity contribution in [3.63, 3.8) is 0 Å². The summed E-state index contributed by atoms with van der Waals surface area (Å²) in [7, 11) is 0. The van der Waals surface area contributed by atoms with Gasteiger partial charge in [-0.15, -0.1) is 0 Å². The molecule has 1 aromatic carbocycles. The smallest absolute Gasteiger partial charge is 0.124 e. The summed E-state index contributed by atoms with van der Waals surface area (Å²) in [5, 5.41) is 10.4. The highest BCUT2D eigenvalue weighted by molar-refractivity contribution is 6.30. The molecule has 1 fully saturated rings. The van der Waals surface area contributed by atoms with Crippen molar-refractivity contribution in [2.24, 2.45) is 5.73 Å². The number of ether oxygens (including phenoxy) is 1. The average molecular weight is 256 g/mol. The summed E-state index contributed by atoms with van der Waals surface area (Å²) >= 11 is 5.95. The van der Waals surface area contributed by atoms with Gasteiger partial charge < -0.3 is 15.6 Å². The molecule has 0 bridgehead atoms. The zero-order chi connectivity index (χ0) is 12.4. The van der Waals surface area contributed by atoms with Crippen molar-refractivity contribution in [3.8, 4) is 5.75 Å². The van der Waals surface area contributed by atoms with E-state index in [0.717, 1.165) is 30.6 Å². The first kappa shape index (κ1) is 12.7. The second kappa shape index (κ2) is 5.25. The molecule has 94 valence electrons. The van der Waals surface area contributed by atoms with Crippen LogP contribution in [0.4, 0.5) is 0 Å². The highest BCUT2D eigenvalue weighted by atomic mass is 35.5. The lowest BCUT2D eigenvalue weighted by Crippen LogP contribution is -2.26. The Morgan fingerprint density at radius 3 is 2.82 bits per heavy atom. The minimum atomic E-state index is -0.369. The van der Waals surface area contributed by atoms with Crippen molar-refractivity contribution in [2.75, 3.05) is 0 Å². The predicted molar refractivity (Wildman–Crippen MR) is 68.3 cm³/mol. The molecule has 1 aliphatic rings. The van der Waals surface area contributed by atoms with E-state index in [1.165, 1.54) is 0 Å². The van der Waals surface area contributed by atoms with Crippen LogP contribution < -0.4 is 10.5 Å². The Labute approximate surface area is 107 Å². The fraction of sp³-hybridized carbons (Fsp3) is 0.538. The van der Waals surface area contributed by atoms with Crippen LogP contribution in [0.5, 0.6) is 5.75 Å². The van der Waals surface area contributed by atoms with Gasteiger partial charge in [0.15, 0.2) is 0 Å². The van der Waals surface area contributed by atoms with Crippen molar-refractivity contribution in [2.45, 2.75) is 44.4 Å². The molecule has 3 atom stereocenters. The Morgan fingerprint density at radius 2 is 2.24 bits per heavy atom. The molecule has 2 unspecified atom stereocenters. The molecule has 0 saturated heterocycles. The molecular weight excluding hydrogens is 238 g/mol. The van der Waals surface area contributed by atoms with E-state index in [4.69, 9.17) is 22.1 Å². The Bertz CT molecular complexity index is 395. The van der Waals surface area contributed by atoms with Crippen LogP contribution in [0.25, 0.3) is 0 Å². The van der Waals surface area contributed by atoms with E-state index in [1.807, 2.05) is 19.1 Å². The predicted octanol–water partition coefficient (Wildman–Crippen LogP) is 2.65. The molecule has 4 heteroatoms. The molecule has 0 radical (unpaired) electrons. The molecule has 0 spiro atoms. The van der Waals surface area contributed by atoms with Crippen molar-refractivity contribution >= 4 is 11.6 Å². The molecule has 3 nitrogen and oxygen atoms in total. The number of nitrogens with two attached hydrogens (primary N) is 1. The van der Waals surface area contributed by atoms with Crippen LogP contribution in [0, 0.1) is 0 Å². The Hall–Kier alpha value is -0.770. The van der Waals surface area contributed by atoms with Gasteiger partial charge in [-0.25, -0.2) is 0 Å². The van der Waals surface area contributed by atoms with E-state index in [2.05, 4.69) is 0 Å². The second-order valence-electron chi connectivity index (χ2n) is 4.63. The van der Waals surface area contributed by atoms with Crippen molar-refractivity contribution in [3.05, 3.63) is 28.8 Å². The fourth-order valence-electron chi connectivity index (χ4n) is 2.19. The topological polar surface area (TPSA) is 55.5 Å². The third-order valence-electron chi connectivity index (χ3n) is 3.16. The molecule has 0 aromatic heterocycles. The van der Waals surface area contributed by atoms with Crippen molar-refractivity contribution in [1.82, 2.24) is 0 Å². The Morgan fingerprint density at radius 1 is 1.47 bits per heavy atom. The third-order valence-corrected chi connectivity index (χ3v) is 3.39. The minimum absolute atomic E-state index is 0.117. The highest BCUT2D eigenvalue weighted by Crippen LogP contribution is 2.31. The van der Waals surface area contributed by atoms with Gasteiger partial charge in [0.2, 0.25) is 0 Å². The fourth-order valence-corrected chi connectivity index (χ4v) is 2.37. The minimum Gasteiger partial charge on any atom is -0.487 e. The maximum absolute atomic E-state index is 9.75. The maximum atomic E-state index is 9.75. The van der Waals surface area contributed by atoms with E-state index in [1.54, 1.807) is 6.07 Å². The van der Waals surface area contributed by atoms with Crippen molar-refractivity contribution < 1.29 is 9.84 Å². The Kier molecular flexibility index (Phi) is 3.92. The van der Waals surface area contributed by atoms with Crippen LogP contribution >= 0.6 is 11.6 Å². The molecule has 17 heavy (non-hydrogen) atoms. The van der Waals surface area contributed by atoms with E-state index in [0.29, 0.717) is 5.02 Å². The number of benzene rings is 1. The SMILES string of the molecule is C[C@@H](N)c1cc(Cl)ccc1OC1CCCC1O. The lowest BCUT2D eigenvalue weighted by molar-refractivity contribution is 0.0596.